The van der Waals surface area contributed by atoms with Gasteiger partial charge in [-0.15, -0.1) is 0 Å². The van der Waals surface area contributed by atoms with Crippen molar-refractivity contribution in [2.24, 2.45) is 0 Å². The first-order valence-electron chi connectivity index (χ1n) is 8.31. The van der Waals surface area contributed by atoms with Gasteiger partial charge in [-0.25, -0.2) is 0 Å². The average molecular weight is 310 g/mol. The molecule has 5 aromatic rings. The maximum atomic E-state index is 3.50. The van der Waals surface area contributed by atoms with Crippen LogP contribution in [0.15, 0.2) is 66.7 Å². The van der Waals surface area contributed by atoms with E-state index in [9.17, 15) is 0 Å². The highest BCUT2D eigenvalue weighted by Gasteiger charge is 2.13. The number of H-pyrrole nitrogens is 1. The minimum absolute atomic E-state index is 1.19. The van der Waals surface area contributed by atoms with E-state index >= 15 is 0 Å². The Labute approximate surface area is 140 Å². The molecule has 0 unspecified atom stereocenters. The van der Waals surface area contributed by atoms with E-state index in [1.54, 1.807) is 0 Å². The third kappa shape index (κ3) is 1.71. The Hall–Kier alpha value is -3.00. The van der Waals surface area contributed by atoms with E-state index in [0.717, 1.165) is 0 Å². The van der Waals surface area contributed by atoms with E-state index in [-0.39, 0.29) is 0 Å². The van der Waals surface area contributed by atoms with Crippen molar-refractivity contribution in [2.45, 2.75) is 13.8 Å². The summed E-state index contributed by atoms with van der Waals surface area (Å²) in [5.74, 6) is 0. The minimum atomic E-state index is 1.19. The van der Waals surface area contributed by atoms with Gasteiger partial charge in [-0.3, -0.25) is 0 Å². The third-order valence-corrected chi connectivity index (χ3v) is 5.17. The second-order valence-corrected chi connectivity index (χ2v) is 6.46. The highest BCUT2D eigenvalue weighted by Crippen LogP contribution is 2.32. The van der Waals surface area contributed by atoms with Gasteiger partial charge >= 0.3 is 0 Å². The van der Waals surface area contributed by atoms with Crippen LogP contribution in [0.2, 0.25) is 0 Å². The molecule has 0 saturated carbocycles. The number of hydrogen-bond donors (Lipinski definition) is 1. The largest absolute Gasteiger partial charge is 0.355 e. The number of para-hydroxylation sites is 2. The molecule has 2 heterocycles. The van der Waals surface area contributed by atoms with Gasteiger partial charge in [0.05, 0.1) is 5.52 Å². The Bertz CT molecular complexity index is 1220. The standard InChI is InChI=1S/C22H18N2/c1-14-15(2)24(22-10-6-4-7-17(14)22)16-11-12-21-19(13-16)18-8-3-5-9-20(18)23-21/h3-13,23H,1-2H3. The number of fused-ring (bicyclic) bond motifs is 4. The molecule has 0 fully saturated rings. The molecule has 1 N–H and O–H groups in total. The lowest BCUT2D eigenvalue weighted by Crippen LogP contribution is -1.96. The van der Waals surface area contributed by atoms with Crippen LogP contribution in [0.25, 0.3) is 38.4 Å². The third-order valence-electron chi connectivity index (χ3n) is 5.17. The first-order chi connectivity index (χ1) is 11.7. The summed E-state index contributed by atoms with van der Waals surface area (Å²) < 4.78 is 2.37. The lowest BCUT2D eigenvalue weighted by molar-refractivity contribution is 1.04. The molecule has 0 bridgehead atoms. The number of benzene rings is 3. The second kappa shape index (κ2) is 4.75. The van der Waals surface area contributed by atoms with E-state index in [4.69, 9.17) is 0 Å². The number of rotatable bonds is 1. The van der Waals surface area contributed by atoms with Crippen molar-refractivity contribution >= 4 is 32.7 Å². The Morgan fingerprint density at radius 2 is 1.42 bits per heavy atom. The summed E-state index contributed by atoms with van der Waals surface area (Å²) in [5.41, 5.74) is 7.52. The second-order valence-electron chi connectivity index (χ2n) is 6.46. The van der Waals surface area contributed by atoms with Crippen molar-refractivity contribution in [3.05, 3.63) is 78.0 Å². The van der Waals surface area contributed by atoms with E-state index in [1.807, 2.05) is 0 Å². The normalized spacial score (nSPS) is 11.8. The predicted octanol–water partition coefficient (Wildman–Crippen LogP) is 5.88. The van der Waals surface area contributed by atoms with Gasteiger partial charge < -0.3 is 9.55 Å². The van der Waals surface area contributed by atoms with Crippen LogP contribution in [0, 0.1) is 13.8 Å². The van der Waals surface area contributed by atoms with E-state index in [0.29, 0.717) is 0 Å². The SMILES string of the molecule is Cc1c(C)n(-c2ccc3[nH]c4ccccc4c3c2)c2ccccc12. The highest BCUT2D eigenvalue weighted by atomic mass is 15.0. The zero-order chi connectivity index (χ0) is 16.3. The Morgan fingerprint density at radius 3 is 2.29 bits per heavy atom. The van der Waals surface area contributed by atoms with Gasteiger partial charge in [0.15, 0.2) is 0 Å². The lowest BCUT2D eigenvalue weighted by Gasteiger charge is -2.09. The summed E-state index contributed by atoms with van der Waals surface area (Å²) in [6, 6.07) is 23.8. The van der Waals surface area contributed by atoms with Crippen molar-refractivity contribution in [2.75, 3.05) is 0 Å². The molecule has 2 aromatic heterocycles. The molecule has 0 spiro atoms. The van der Waals surface area contributed by atoms with Crippen molar-refractivity contribution < 1.29 is 0 Å². The zero-order valence-electron chi connectivity index (χ0n) is 13.8. The first kappa shape index (κ1) is 13.4. The molecule has 0 aliphatic heterocycles. The fraction of sp³-hybridized carbons (Fsp3) is 0.0909. The van der Waals surface area contributed by atoms with Crippen LogP contribution >= 0.6 is 0 Å². The van der Waals surface area contributed by atoms with E-state index in [1.165, 1.54) is 49.7 Å². The summed E-state index contributed by atoms with van der Waals surface area (Å²) in [4.78, 5) is 3.50. The number of aromatic amines is 1. The summed E-state index contributed by atoms with van der Waals surface area (Å²) in [6.45, 7) is 4.41. The average Bonchev–Trinajstić information content (AvgIpc) is 3.11. The fourth-order valence-corrected chi connectivity index (χ4v) is 3.84. The van der Waals surface area contributed by atoms with Crippen LogP contribution in [-0.2, 0) is 0 Å². The monoisotopic (exact) mass is 310 g/mol. The Balaban J connectivity index is 1.87. The van der Waals surface area contributed by atoms with Gasteiger partial charge in [-0.2, -0.15) is 0 Å². The molecule has 2 nitrogen and oxygen atoms in total. The molecule has 5 rings (SSSR count). The fourth-order valence-electron chi connectivity index (χ4n) is 3.84. The number of hydrogen-bond acceptors (Lipinski definition) is 0. The van der Waals surface area contributed by atoms with Crippen LogP contribution in [0.1, 0.15) is 11.3 Å². The number of aromatic nitrogens is 2. The molecule has 0 saturated heterocycles. The van der Waals surface area contributed by atoms with Gasteiger partial charge in [0.2, 0.25) is 0 Å². The smallest absolute Gasteiger partial charge is 0.0534 e. The van der Waals surface area contributed by atoms with Crippen LogP contribution < -0.4 is 0 Å². The van der Waals surface area contributed by atoms with Gasteiger partial charge in [-0.1, -0.05) is 36.4 Å². The Kier molecular flexibility index (Phi) is 2.66. The van der Waals surface area contributed by atoms with Crippen LogP contribution in [0.3, 0.4) is 0 Å². The first-order valence-corrected chi connectivity index (χ1v) is 8.31. The van der Waals surface area contributed by atoms with Crippen LogP contribution in [0.5, 0.6) is 0 Å². The van der Waals surface area contributed by atoms with Crippen LogP contribution in [0.4, 0.5) is 0 Å². The molecule has 0 radical (unpaired) electrons. The van der Waals surface area contributed by atoms with Crippen molar-refractivity contribution in [1.82, 2.24) is 9.55 Å². The number of aryl methyl sites for hydroxylation is 1. The van der Waals surface area contributed by atoms with Crippen molar-refractivity contribution in [1.29, 1.82) is 0 Å². The Morgan fingerprint density at radius 1 is 0.708 bits per heavy atom. The molecular weight excluding hydrogens is 292 g/mol. The minimum Gasteiger partial charge on any atom is -0.355 e. The molecule has 24 heavy (non-hydrogen) atoms. The molecule has 116 valence electrons. The van der Waals surface area contributed by atoms with Crippen molar-refractivity contribution in [3.63, 3.8) is 0 Å². The highest BCUT2D eigenvalue weighted by molar-refractivity contribution is 6.08. The summed E-state index contributed by atoms with van der Waals surface area (Å²) >= 11 is 0. The summed E-state index contributed by atoms with van der Waals surface area (Å²) in [7, 11) is 0. The van der Waals surface area contributed by atoms with Gasteiger partial charge in [-0.05, 0) is 49.7 Å². The maximum absolute atomic E-state index is 3.50. The molecule has 0 aliphatic rings. The van der Waals surface area contributed by atoms with E-state index < -0.39 is 0 Å². The molecule has 2 heteroatoms. The van der Waals surface area contributed by atoms with Crippen molar-refractivity contribution in [3.8, 4) is 5.69 Å². The molecule has 3 aromatic carbocycles. The number of nitrogens with zero attached hydrogens (tertiary/aromatic N) is 1. The molecular formula is C22H18N2. The maximum Gasteiger partial charge on any atom is 0.0534 e. The van der Waals surface area contributed by atoms with Gasteiger partial charge in [0, 0.05) is 38.6 Å². The predicted molar refractivity (Wildman–Crippen MR) is 102 cm³/mol. The van der Waals surface area contributed by atoms with Gasteiger partial charge in [0.25, 0.3) is 0 Å². The van der Waals surface area contributed by atoms with Gasteiger partial charge in [0.1, 0.15) is 0 Å². The summed E-state index contributed by atoms with van der Waals surface area (Å²) in [6.07, 6.45) is 0. The molecule has 0 atom stereocenters. The molecule has 0 aliphatic carbocycles. The topological polar surface area (TPSA) is 20.7 Å². The summed E-state index contributed by atoms with van der Waals surface area (Å²) in [5, 5.41) is 3.88. The van der Waals surface area contributed by atoms with Crippen LogP contribution in [-0.4, -0.2) is 9.55 Å². The number of nitrogens with one attached hydrogen (secondary N) is 1. The lowest BCUT2D eigenvalue weighted by atomic mass is 10.1. The quantitative estimate of drug-likeness (QED) is 0.399. The van der Waals surface area contributed by atoms with E-state index in [2.05, 4.69) is 90.1 Å². The molecule has 0 amide bonds. The zero-order valence-corrected chi connectivity index (χ0v) is 13.8.